The van der Waals surface area contributed by atoms with Gasteiger partial charge in [0.05, 0.1) is 11.8 Å². The largest absolute Gasteiger partial charge is 0.304 e. The van der Waals surface area contributed by atoms with Crippen LogP contribution in [0.2, 0.25) is 0 Å². The van der Waals surface area contributed by atoms with Gasteiger partial charge in [0.15, 0.2) is 0 Å². The highest BCUT2D eigenvalue weighted by molar-refractivity contribution is 5.16. The lowest BCUT2D eigenvalue weighted by Crippen LogP contribution is -2.51. The molecular weight excluding hydrogens is 212 g/mol. The van der Waals surface area contributed by atoms with E-state index in [1.54, 1.807) is 6.20 Å². The van der Waals surface area contributed by atoms with Crippen molar-refractivity contribution in [3.05, 3.63) is 30.1 Å². The average Bonchev–Trinajstić information content (AvgIpc) is 2.34. The Labute approximate surface area is 102 Å². The molecule has 4 heteroatoms. The maximum Gasteiger partial charge on any atom is 0.141 e. The van der Waals surface area contributed by atoms with Crippen molar-refractivity contribution in [2.24, 2.45) is 0 Å². The Morgan fingerprint density at radius 2 is 2.29 bits per heavy atom. The zero-order valence-electron chi connectivity index (χ0n) is 10.4. The number of piperazine rings is 1. The summed E-state index contributed by atoms with van der Waals surface area (Å²) in [5.74, 6) is 0. The monoisotopic (exact) mass is 230 g/mol. The summed E-state index contributed by atoms with van der Waals surface area (Å²) in [6, 6.07) is 8.29. The SMILES string of the molecule is CC1CN(C)CCN1C(C#N)c1ccccn1. The van der Waals surface area contributed by atoms with Crippen LogP contribution in [0.3, 0.4) is 0 Å². The van der Waals surface area contributed by atoms with Gasteiger partial charge in [0.1, 0.15) is 6.04 Å². The van der Waals surface area contributed by atoms with Crippen LogP contribution in [0.15, 0.2) is 24.4 Å². The molecule has 1 aliphatic rings. The first-order valence-electron chi connectivity index (χ1n) is 5.97. The van der Waals surface area contributed by atoms with Crippen LogP contribution in [0, 0.1) is 11.3 Å². The van der Waals surface area contributed by atoms with E-state index in [-0.39, 0.29) is 6.04 Å². The summed E-state index contributed by atoms with van der Waals surface area (Å²) in [7, 11) is 2.12. The molecule has 1 saturated heterocycles. The molecule has 0 aliphatic carbocycles. The standard InChI is InChI=1S/C13H18N4/c1-11-10-16(2)7-8-17(11)13(9-14)12-5-3-4-6-15-12/h3-6,11,13H,7-8,10H2,1-2H3. The fraction of sp³-hybridized carbons (Fsp3) is 0.538. The summed E-state index contributed by atoms with van der Waals surface area (Å²) < 4.78 is 0. The summed E-state index contributed by atoms with van der Waals surface area (Å²) in [6.45, 7) is 5.11. The third-order valence-corrected chi connectivity index (χ3v) is 3.30. The number of rotatable bonds is 2. The Balaban J connectivity index is 2.17. The predicted octanol–water partition coefficient (Wildman–Crippen LogP) is 1.28. The van der Waals surface area contributed by atoms with Crippen LogP contribution >= 0.6 is 0 Å². The van der Waals surface area contributed by atoms with Gasteiger partial charge in [-0.05, 0) is 26.1 Å². The van der Waals surface area contributed by atoms with E-state index in [2.05, 4.69) is 34.8 Å². The van der Waals surface area contributed by atoms with Gasteiger partial charge in [-0.2, -0.15) is 5.26 Å². The lowest BCUT2D eigenvalue weighted by molar-refractivity contribution is 0.0783. The summed E-state index contributed by atoms with van der Waals surface area (Å²) in [5.41, 5.74) is 0.853. The number of nitriles is 1. The van der Waals surface area contributed by atoms with Gasteiger partial charge in [0.25, 0.3) is 0 Å². The Morgan fingerprint density at radius 3 is 2.88 bits per heavy atom. The van der Waals surface area contributed by atoms with E-state index in [1.165, 1.54) is 0 Å². The second kappa shape index (κ2) is 5.26. The Kier molecular flexibility index (Phi) is 3.72. The van der Waals surface area contributed by atoms with Crippen molar-refractivity contribution in [1.82, 2.24) is 14.8 Å². The van der Waals surface area contributed by atoms with Gasteiger partial charge in [-0.15, -0.1) is 0 Å². The van der Waals surface area contributed by atoms with E-state index in [4.69, 9.17) is 0 Å². The summed E-state index contributed by atoms with van der Waals surface area (Å²) in [4.78, 5) is 8.84. The van der Waals surface area contributed by atoms with Crippen molar-refractivity contribution in [3.63, 3.8) is 0 Å². The molecule has 0 saturated carbocycles. The third kappa shape index (κ3) is 2.63. The van der Waals surface area contributed by atoms with E-state index in [0.717, 1.165) is 25.3 Å². The maximum atomic E-state index is 9.37. The number of aromatic nitrogens is 1. The lowest BCUT2D eigenvalue weighted by Gasteiger charge is -2.40. The van der Waals surface area contributed by atoms with Crippen molar-refractivity contribution in [2.45, 2.75) is 19.0 Å². The molecule has 90 valence electrons. The minimum atomic E-state index is -0.222. The fourth-order valence-corrected chi connectivity index (χ4v) is 2.39. The van der Waals surface area contributed by atoms with Crippen LogP contribution in [0.25, 0.3) is 0 Å². The number of hydrogen-bond donors (Lipinski definition) is 0. The summed E-state index contributed by atoms with van der Waals surface area (Å²) >= 11 is 0. The Morgan fingerprint density at radius 1 is 1.47 bits per heavy atom. The first kappa shape index (κ1) is 12.0. The zero-order valence-corrected chi connectivity index (χ0v) is 10.4. The highest BCUT2D eigenvalue weighted by Gasteiger charge is 2.29. The molecule has 1 aromatic rings. The number of pyridine rings is 1. The summed E-state index contributed by atoms with van der Waals surface area (Å²) in [6.07, 6.45) is 1.75. The molecule has 0 aromatic carbocycles. The van der Waals surface area contributed by atoms with Gasteiger partial charge in [-0.1, -0.05) is 6.07 Å². The maximum absolute atomic E-state index is 9.37. The predicted molar refractivity (Wildman–Crippen MR) is 66.3 cm³/mol. The van der Waals surface area contributed by atoms with E-state index < -0.39 is 0 Å². The number of hydrogen-bond acceptors (Lipinski definition) is 4. The van der Waals surface area contributed by atoms with Crippen molar-refractivity contribution in [2.75, 3.05) is 26.7 Å². The molecule has 4 nitrogen and oxygen atoms in total. The first-order chi connectivity index (χ1) is 8.22. The quantitative estimate of drug-likeness (QED) is 0.767. The van der Waals surface area contributed by atoms with Crippen LogP contribution in [0.5, 0.6) is 0 Å². The molecule has 0 spiro atoms. The van der Waals surface area contributed by atoms with Crippen LogP contribution in [0.4, 0.5) is 0 Å². The van der Waals surface area contributed by atoms with E-state index in [1.807, 2.05) is 18.2 Å². The molecule has 2 unspecified atom stereocenters. The van der Waals surface area contributed by atoms with Gasteiger partial charge >= 0.3 is 0 Å². The molecule has 2 atom stereocenters. The second-order valence-electron chi connectivity index (χ2n) is 4.64. The third-order valence-electron chi connectivity index (χ3n) is 3.30. The van der Waals surface area contributed by atoms with Crippen LogP contribution in [-0.4, -0.2) is 47.5 Å². The minimum Gasteiger partial charge on any atom is -0.304 e. The molecular formula is C13H18N4. The van der Waals surface area contributed by atoms with E-state index in [9.17, 15) is 5.26 Å². The van der Waals surface area contributed by atoms with E-state index in [0.29, 0.717) is 6.04 Å². The van der Waals surface area contributed by atoms with Gasteiger partial charge in [0.2, 0.25) is 0 Å². The molecule has 2 rings (SSSR count). The van der Waals surface area contributed by atoms with Crippen LogP contribution in [0.1, 0.15) is 18.7 Å². The summed E-state index contributed by atoms with van der Waals surface area (Å²) in [5, 5.41) is 9.37. The molecule has 0 amide bonds. The average molecular weight is 230 g/mol. The second-order valence-corrected chi connectivity index (χ2v) is 4.64. The number of nitrogens with zero attached hydrogens (tertiary/aromatic N) is 4. The lowest BCUT2D eigenvalue weighted by atomic mass is 10.1. The highest BCUT2D eigenvalue weighted by atomic mass is 15.3. The van der Waals surface area contributed by atoms with Gasteiger partial charge in [0, 0.05) is 31.9 Å². The highest BCUT2D eigenvalue weighted by Crippen LogP contribution is 2.22. The van der Waals surface area contributed by atoms with Crippen molar-refractivity contribution in [1.29, 1.82) is 5.26 Å². The molecule has 0 N–H and O–H groups in total. The molecule has 1 fully saturated rings. The van der Waals surface area contributed by atoms with Crippen molar-refractivity contribution >= 4 is 0 Å². The molecule has 0 radical (unpaired) electrons. The van der Waals surface area contributed by atoms with E-state index >= 15 is 0 Å². The fourth-order valence-electron chi connectivity index (χ4n) is 2.39. The van der Waals surface area contributed by atoms with Crippen molar-refractivity contribution < 1.29 is 0 Å². The topological polar surface area (TPSA) is 43.2 Å². The molecule has 1 aliphatic heterocycles. The smallest absolute Gasteiger partial charge is 0.141 e. The zero-order chi connectivity index (χ0) is 12.3. The first-order valence-corrected chi connectivity index (χ1v) is 5.97. The van der Waals surface area contributed by atoms with Crippen molar-refractivity contribution in [3.8, 4) is 6.07 Å². The molecule has 17 heavy (non-hydrogen) atoms. The van der Waals surface area contributed by atoms with Gasteiger partial charge in [-0.25, -0.2) is 0 Å². The normalized spacial score (nSPS) is 24.2. The molecule has 2 heterocycles. The Bertz CT molecular complexity index is 398. The number of likely N-dealkylation sites (N-methyl/N-ethyl adjacent to an activating group) is 1. The molecule has 1 aromatic heterocycles. The van der Waals surface area contributed by atoms with Gasteiger partial charge in [-0.3, -0.25) is 9.88 Å². The Hall–Kier alpha value is -1.44. The van der Waals surface area contributed by atoms with Gasteiger partial charge < -0.3 is 4.90 Å². The van der Waals surface area contributed by atoms with Crippen LogP contribution in [-0.2, 0) is 0 Å². The molecule has 0 bridgehead atoms. The minimum absolute atomic E-state index is 0.222. The van der Waals surface area contributed by atoms with Crippen LogP contribution < -0.4 is 0 Å².